The van der Waals surface area contributed by atoms with Crippen LogP contribution in [0.5, 0.6) is 0 Å². The highest BCUT2D eigenvalue weighted by atomic mass is 35.5. The van der Waals surface area contributed by atoms with E-state index >= 15 is 0 Å². The molecule has 2 rings (SSSR count). The number of aromatic nitrogens is 2. The Balaban J connectivity index is 0.00000288. The third kappa shape index (κ3) is 3.65. The molecule has 7 heteroatoms. The first kappa shape index (κ1) is 20.3. The lowest BCUT2D eigenvalue weighted by Gasteiger charge is -2.31. The number of nitrogens with two attached hydrogens (primary N) is 1. The zero-order valence-electron chi connectivity index (χ0n) is 15.0. The molecule has 0 saturated heterocycles. The van der Waals surface area contributed by atoms with Gasteiger partial charge in [-0.2, -0.15) is 0 Å². The van der Waals surface area contributed by atoms with Crippen LogP contribution in [0.4, 0.5) is 0 Å². The predicted molar refractivity (Wildman–Crippen MR) is 97.1 cm³/mol. The van der Waals surface area contributed by atoms with Gasteiger partial charge in [-0.05, 0) is 39.7 Å². The zero-order chi connectivity index (χ0) is 17.2. The van der Waals surface area contributed by atoms with Gasteiger partial charge in [-0.1, -0.05) is 19.0 Å². The van der Waals surface area contributed by atoms with E-state index < -0.39 is 0 Å². The van der Waals surface area contributed by atoms with E-state index in [9.17, 15) is 4.79 Å². The van der Waals surface area contributed by atoms with Crippen LogP contribution in [0.15, 0.2) is 16.7 Å². The number of nitrogens with zero attached hydrogens (tertiary/aromatic N) is 2. The average molecular weight is 355 g/mol. The first-order chi connectivity index (χ1) is 10.9. The predicted octanol–water partition coefficient (Wildman–Crippen LogP) is 3.06. The average Bonchev–Trinajstić information content (AvgIpc) is 3.08. The molecule has 0 aliphatic heterocycles. The number of rotatable bonds is 6. The molecule has 0 aliphatic rings. The van der Waals surface area contributed by atoms with E-state index in [-0.39, 0.29) is 23.9 Å². The van der Waals surface area contributed by atoms with Gasteiger partial charge in [-0.25, -0.2) is 0 Å². The van der Waals surface area contributed by atoms with Crippen LogP contribution in [-0.2, 0) is 0 Å². The highest BCUT2D eigenvalue weighted by molar-refractivity contribution is 5.96. The topological polar surface area (TPSA) is 86.1 Å². The lowest BCUT2D eigenvalue weighted by Crippen LogP contribution is -2.52. The summed E-state index contributed by atoms with van der Waals surface area (Å²) in [6.07, 6.45) is 1.60. The van der Waals surface area contributed by atoms with Crippen molar-refractivity contribution in [2.45, 2.75) is 53.0 Å². The number of nitrogens with one attached hydrogen (secondary N) is 1. The summed E-state index contributed by atoms with van der Waals surface area (Å²) in [7, 11) is 0. The van der Waals surface area contributed by atoms with Crippen LogP contribution in [0.2, 0.25) is 0 Å². The summed E-state index contributed by atoms with van der Waals surface area (Å²) in [5.74, 6) is 1.32. The quantitative estimate of drug-likeness (QED) is 0.834. The Hall–Kier alpha value is -1.79. The fourth-order valence-electron chi connectivity index (χ4n) is 2.88. The van der Waals surface area contributed by atoms with E-state index in [1.54, 1.807) is 0 Å². The molecule has 0 bridgehead atoms. The zero-order valence-corrected chi connectivity index (χ0v) is 15.8. The lowest BCUT2D eigenvalue weighted by molar-refractivity contribution is 0.0894. The number of hydrogen-bond acceptors (Lipinski definition) is 4. The summed E-state index contributed by atoms with van der Waals surface area (Å²) >= 11 is 0. The summed E-state index contributed by atoms with van der Waals surface area (Å²) in [6.45, 7) is 10.2. The van der Waals surface area contributed by atoms with Crippen molar-refractivity contribution in [2.24, 2.45) is 5.73 Å². The second kappa shape index (κ2) is 7.85. The maximum atomic E-state index is 12.7. The maximum Gasteiger partial charge on any atom is 0.253 e. The van der Waals surface area contributed by atoms with Crippen molar-refractivity contribution in [3.05, 3.63) is 34.8 Å². The van der Waals surface area contributed by atoms with Gasteiger partial charge in [0.1, 0.15) is 5.76 Å². The lowest BCUT2D eigenvalue weighted by atomic mass is 9.92. The highest BCUT2D eigenvalue weighted by Crippen LogP contribution is 2.22. The minimum atomic E-state index is -0.357. The summed E-state index contributed by atoms with van der Waals surface area (Å²) < 4.78 is 7.07. The summed E-state index contributed by atoms with van der Waals surface area (Å²) in [5, 5.41) is 7.15. The molecule has 1 amide bonds. The Kier molecular flexibility index (Phi) is 6.63. The molecule has 2 aromatic rings. The Morgan fingerprint density at radius 2 is 1.92 bits per heavy atom. The molecule has 0 fully saturated rings. The van der Waals surface area contributed by atoms with E-state index in [1.165, 1.54) is 0 Å². The van der Waals surface area contributed by atoms with Gasteiger partial charge in [0.25, 0.3) is 5.91 Å². The normalized spacial score (nSPS) is 11.2. The van der Waals surface area contributed by atoms with Gasteiger partial charge < -0.3 is 15.6 Å². The maximum absolute atomic E-state index is 12.7. The number of amides is 1. The Bertz CT molecular complexity index is 693. The van der Waals surface area contributed by atoms with Crippen LogP contribution in [0, 0.1) is 20.8 Å². The highest BCUT2D eigenvalue weighted by Gasteiger charge is 2.28. The second-order valence-corrected chi connectivity index (χ2v) is 6.06. The SMILES string of the molecule is CCC(CC)(CN)NC(=O)c1cc(C)n(-c2cc(C)on2)c1C.Cl. The number of carbonyl (C=O) groups is 1. The summed E-state index contributed by atoms with van der Waals surface area (Å²) in [6, 6.07) is 3.73. The van der Waals surface area contributed by atoms with Crippen molar-refractivity contribution in [1.82, 2.24) is 15.0 Å². The Morgan fingerprint density at radius 1 is 1.29 bits per heavy atom. The fraction of sp³-hybridized carbons (Fsp3) is 0.529. The Morgan fingerprint density at radius 3 is 2.38 bits per heavy atom. The number of halogens is 1. The van der Waals surface area contributed by atoms with Crippen LogP contribution < -0.4 is 11.1 Å². The molecule has 0 saturated carbocycles. The first-order valence-corrected chi connectivity index (χ1v) is 8.02. The molecule has 6 nitrogen and oxygen atoms in total. The fourth-order valence-corrected chi connectivity index (χ4v) is 2.88. The molecule has 2 aromatic heterocycles. The van der Waals surface area contributed by atoms with Crippen molar-refractivity contribution < 1.29 is 9.32 Å². The third-order valence-corrected chi connectivity index (χ3v) is 4.64. The molecular formula is C17H27ClN4O2. The van der Waals surface area contributed by atoms with E-state index in [0.29, 0.717) is 17.9 Å². The standard InChI is InChI=1S/C17H26N4O2.ClH/c1-6-17(7-2,10-18)19-16(22)14-8-11(3)21(13(14)5)15-9-12(4)23-20-15;/h8-9H,6-7,10,18H2,1-5H3,(H,19,22);1H. The van der Waals surface area contributed by atoms with E-state index in [2.05, 4.69) is 10.5 Å². The molecule has 0 atom stereocenters. The Labute approximate surface area is 149 Å². The van der Waals surface area contributed by atoms with Crippen molar-refractivity contribution in [3.63, 3.8) is 0 Å². The number of carbonyl (C=O) groups excluding carboxylic acids is 1. The molecule has 134 valence electrons. The van der Waals surface area contributed by atoms with Gasteiger partial charge in [0.05, 0.1) is 11.1 Å². The van der Waals surface area contributed by atoms with E-state index in [4.69, 9.17) is 10.3 Å². The van der Waals surface area contributed by atoms with Crippen molar-refractivity contribution in [1.29, 1.82) is 0 Å². The second-order valence-electron chi connectivity index (χ2n) is 6.06. The van der Waals surface area contributed by atoms with Gasteiger partial charge in [-0.3, -0.25) is 9.36 Å². The van der Waals surface area contributed by atoms with Gasteiger partial charge in [0, 0.05) is 24.0 Å². The molecular weight excluding hydrogens is 328 g/mol. The van der Waals surface area contributed by atoms with Crippen LogP contribution in [-0.4, -0.2) is 27.7 Å². The van der Waals surface area contributed by atoms with Gasteiger partial charge >= 0.3 is 0 Å². The molecule has 0 unspecified atom stereocenters. The molecule has 0 radical (unpaired) electrons. The summed E-state index contributed by atoms with van der Waals surface area (Å²) in [4.78, 5) is 12.7. The van der Waals surface area contributed by atoms with Crippen LogP contribution >= 0.6 is 12.4 Å². The first-order valence-electron chi connectivity index (χ1n) is 8.02. The van der Waals surface area contributed by atoms with E-state index in [1.807, 2.05) is 51.3 Å². The molecule has 2 heterocycles. The van der Waals surface area contributed by atoms with E-state index in [0.717, 1.165) is 30.0 Å². The van der Waals surface area contributed by atoms with Gasteiger partial charge in [-0.15, -0.1) is 12.4 Å². The van der Waals surface area contributed by atoms with Crippen molar-refractivity contribution in [3.8, 4) is 5.82 Å². The largest absolute Gasteiger partial charge is 0.360 e. The monoisotopic (exact) mass is 354 g/mol. The smallest absolute Gasteiger partial charge is 0.253 e. The van der Waals surface area contributed by atoms with Crippen molar-refractivity contribution >= 4 is 18.3 Å². The van der Waals surface area contributed by atoms with Crippen LogP contribution in [0.3, 0.4) is 0 Å². The molecule has 24 heavy (non-hydrogen) atoms. The number of aryl methyl sites for hydroxylation is 2. The minimum Gasteiger partial charge on any atom is -0.360 e. The summed E-state index contributed by atoms with van der Waals surface area (Å²) in [5.41, 5.74) is 7.94. The van der Waals surface area contributed by atoms with Gasteiger partial charge in [0.15, 0.2) is 5.82 Å². The van der Waals surface area contributed by atoms with Crippen LogP contribution in [0.25, 0.3) is 5.82 Å². The van der Waals surface area contributed by atoms with Crippen molar-refractivity contribution in [2.75, 3.05) is 6.54 Å². The molecule has 0 aromatic carbocycles. The molecule has 0 spiro atoms. The molecule has 0 aliphatic carbocycles. The van der Waals surface area contributed by atoms with Crippen LogP contribution in [0.1, 0.15) is 54.2 Å². The minimum absolute atomic E-state index is 0. The molecule has 3 N–H and O–H groups in total. The van der Waals surface area contributed by atoms with Gasteiger partial charge in [0.2, 0.25) is 0 Å². The third-order valence-electron chi connectivity index (χ3n) is 4.64. The number of hydrogen-bond donors (Lipinski definition) is 2.